The smallest absolute Gasteiger partial charge is 0.380 e. The quantitative estimate of drug-likeness (QED) is 0.385. The number of ether oxygens (including phenoxy) is 1. The summed E-state index contributed by atoms with van der Waals surface area (Å²) in [6.45, 7) is 4.98. The number of nitrogens with two attached hydrogens (primary N) is 1. The van der Waals surface area contributed by atoms with Crippen LogP contribution >= 0.6 is 24.2 Å². The van der Waals surface area contributed by atoms with Gasteiger partial charge in [0.25, 0.3) is 0 Å². The second-order valence-corrected chi connectivity index (χ2v) is 10.5. The number of benzene rings is 2. The summed E-state index contributed by atoms with van der Waals surface area (Å²) in [5, 5.41) is 6.85. The average molecular weight is 544 g/mol. The molecule has 0 aliphatic carbocycles. The molecule has 0 aromatic heterocycles. The van der Waals surface area contributed by atoms with Crippen LogP contribution in [0.1, 0.15) is 24.8 Å². The molecule has 0 saturated carbocycles. The van der Waals surface area contributed by atoms with E-state index in [0.717, 1.165) is 68.3 Å². The summed E-state index contributed by atoms with van der Waals surface area (Å²) in [5.41, 5.74) is 8.24. The number of hydrogen-bond acceptors (Lipinski definition) is 7. The van der Waals surface area contributed by atoms with Gasteiger partial charge in [0.05, 0.1) is 28.7 Å². The number of hydrogen-bond donors (Lipinski definition) is 3. The highest BCUT2D eigenvalue weighted by molar-refractivity contribution is 7.99. The third-order valence-corrected chi connectivity index (χ3v) is 8.21. The maximum Gasteiger partial charge on any atom is 0.416 e. The molecule has 4 N–H and O–H groups in total. The van der Waals surface area contributed by atoms with Crippen LogP contribution in [0.15, 0.2) is 40.1 Å². The molecule has 3 heterocycles. The van der Waals surface area contributed by atoms with E-state index in [9.17, 15) is 13.2 Å². The maximum atomic E-state index is 13.8. The predicted octanol–water partition coefficient (Wildman–Crippen LogP) is 5.40. The third kappa shape index (κ3) is 5.83. The van der Waals surface area contributed by atoms with Crippen LogP contribution in [-0.2, 0) is 10.9 Å². The summed E-state index contributed by atoms with van der Waals surface area (Å²) in [7, 11) is 1.73. The normalized spacial score (nSPS) is 20.4. The van der Waals surface area contributed by atoms with Crippen molar-refractivity contribution in [3.05, 3.63) is 35.9 Å². The van der Waals surface area contributed by atoms with Crippen LogP contribution in [0.5, 0.6) is 0 Å². The molecule has 0 amide bonds. The number of piperidine rings is 1. The van der Waals surface area contributed by atoms with Crippen molar-refractivity contribution in [1.82, 2.24) is 4.90 Å². The summed E-state index contributed by atoms with van der Waals surface area (Å²) in [5.74, 6) is 0. The van der Waals surface area contributed by atoms with Gasteiger partial charge < -0.3 is 30.9 Å². The van der Waals surface area contributed by atoms with Crippen LogP contribution in [0.2, 0.25) is 0 Å². The third-order valence-electron chi connectivity index (χ3n) is 7.11. The molecular formula is C25H33ClF3N5OS. The molecular weight excluding hydrogens is 511 g/mol. The number of nitrogens with one attached hydrogen (secondary N) is 2. The summed E-state index contributed by atoms with van der Waals surface area (Å²) in [6, 6.07) is 8.78. The highest BCUT2D eigenvalue weighted by Crippen LogP contribution is 2.50. The van der Waals surface area contributed by atoms with E-state index in [1.807, 2.05) is 6.07 Å². The van der Waals surface area contributed by atoms with Gasteiger partial charge in [0.1, 0.15) is 0 Å². The number of likely N-dealkylation sites (tertiary alicyclic amines) is 1. The second kappa shape index (κ2) is 11.3. The Morgan fingerprint density at radius 2 is 1.89 bits per heavy atom. The zero-order valence-corrected chi connectivity index (χ0v) is 21.9. The molecule has 3 aliphatic rings. The highest BCUT2D eigenvalue weighted by Gasteiger charge is 2.34. The number of rotatable bonds is 6. The topological polar surface area (TPSA) is 65.8 Å². The van der Waals surface area contributed by atoms with Gasteiger partial charge >= 0.3 is 6.18 Å². The second-order valence-electron chi connectivity index (χ2n) is 9.44. The first-order valence-electron chi connectivity index (χ1n) is 12.1. The van der Waals surface area contributed by atoms with Crippen molar-refractivity contribution in [2.24, 2.45) is 5.73 Å². The number of halogens is 4. The van der Waals surface area contributed by atoms with Crippen molar-refractivity contribution in [2.75, 3.05) is 61.9 Å². The maximum absolute atomic E-state index is 13.8. The lowest BCUT2D eigenvalue weighted by Gasteiger charge is -2.34. The lowest BCUT2D eigenvalue weighted by Crippen LogP contribution is -2.41. The number of nitrogens with zero attached hydrogens (tertiary/aromatic N) is 2. The van der Waals surface area contributed by atoms with E-state index in [1.54, 1.807) is 7.11 Å². The van der Waals surface area contributed by atoms with Gasteiger partial charge in [0.2, 0.25) is 0 Å². The van der Waals surface area contributed by atoms with Gasteiger partial charge in [-0.25, -0.2) is 0 Å². The molecule has 1 atom stereocenters. The molecule has 0 radical (unpaired) electrons. The van der Waals surface area contributed by atoms with E-state index < -0.39 is 11.7 Å². The van der Waals surface area contributed by atoms with Crippen molar-refractivity contribution in [2.45, 2.75) is 47.4 Å². The lowest BCUT2D eigenvalue weighted by atomic mass is 10.0. The Bertz CT molecular complexity index is 1060. The van der Waals surface area contributed by atoms with Crippen molar-refractivity contribution >= 4 is 46.9 Å². The molecule has 3 aliphatic heterocycles. The van der Waals surface area contributed by atoms with Gasteiger partial charge in [-0.05, 0) is 49.6 Å². The van der Waals surface area contributed by atoms with Crippen LogP contribution in [0.25, 0.3) is 0 Å². The Balaban J connectivity index is 0.00000304. The van der Waals surface area contributed by atoms with Gasteiger partial charge in [-0.3, -0.25) is 0 Å². The number of methoxy groups -OCH3 is 1. The van der Waals surface area contributed by atoms with Crippen molar-refractivity contribution in [3.8, 4) is 0 Å². The van der Waals surface area contributed by atoms with E-state index >= 15 is 0 Å². The summed E-state index contributed by atoms with van der Waals surface area (Å²) in [4.78, 5) is 6.08. The van der Waals surface area contributed by atoms with Gasteiger partial charge in [-0.1, -0.05) is 11.8 Å². The molecule has 11 heteroatoms. The fourth-order valence-corrected chi connectivity index (χ4v) is 6.20. The first-order chi connectivity index (χ1) is 16.8. The highest BCUT2D eigenvalue weighted by atomic mass is 35.5. The van der Waals surface area contributed by atoms with Gasteiger partial charge in [-0.15, -0.1) is 12.4 Å². The van der Waals surface area contributed by atoms with Gasteiger partial charge in [0, 0.05) is 67.9 Å². The molecule has 2 saturated heterocycles. The van der Waals surface area contributed by atoms with Crippen molar-refractivity contribution in [1.29, 1.82) is 0 Å². The molecule has 2 aromatic rings. The summed E-state index contributed by atoms with van der Waals surface area (Å²) >= 11 is 1.39. The first kappa shape index (κ1) is 27.2. The molecule has 2 fully saturated rings. The standard InChI is InChI=1S/C25H32F3N5OS.ClH/c1-34-19-6-10-33(15-19)18-2-3-20-22(14-18)35-23-13-16(25(26,27)28)12-21(24(23)31-20)30-17-4-8-32(9-5-17)11-7-29;/h2-3,12-14,17,19,30-31H,4-11,15,29H2,1H3;1H. The minimum Gasteiger partial charge on any atom is -0.380 e. The Kier molecular flexibility index (Phi) is 8.51. The molecule has 0 spiro atoms. The molecule has 0 bridgehead atoms. The van der Waals surface area contributed by atoms with Crippen LogP contribution in [0, 0.1) is 0 Å². The number of anilines is 4. The minimum absolute atomic E-state index is 0. The molecule has 5 rings (SSSR count). The summed E-state index contributed by atoms with van der Waals surface area (Å²) < 4.78 is 46.9. The lowest BCUT2D eigenvalue weighted by molar-refractivity contribution is -0.137. The SMILES string of the molecule is COC1CCN(c2ccc3c(c2)Sc2cc(C(F)(F)F)cc(NC4CCN(CCN)CC4)c2N3)C1.Cl. The largest absolute Gasteiger partial charge is 0.416 e. The van der Waals surface area contributed by atoms with E-state index in [0.29, 0.717) is 22.8 Å². The fourth-order valence-electron chi connectivity index (χ4n) is 5.11. The number of alkyl halides is 3. The molecule has 6 nitrogen and oxygen atoms in total. The first-order valence-corrected chi connectivity index (χ1v) is 13.0. The minimum atomic E-state index is -4.41. The van der Waals surface area contributed by atoms with Gasteiger partial charge in [-0.2, -0.15) is 13.2 Å². The zero-order chi connectivity index (χ0) is 24.6. The Labute approximate surface area is 220 Å². The van der Waals surface area contributed by atoms with Crippen LogP contribution in [0.3, 0.4) is 0 Å². The van der Waals surface area contributed by atoms with Crippen molar-refractivity contribution < 1.29 is 17.9 Å². The number of fused-ring (bicyclic) bond motifs is 2. The monoisotopic (exact) mass is 543 g/mol. The Hall–Kier alpha value is -1.85. The summed E-state index contributed by atoms with van der Waals surface area (Å²) in [6.07, 6.45) is -1.49. The molecule has 198 valence electrons. The van der Waals surface area contributed by atoms with E-state index in [2.05, 4.69) is 32.6 Å². The Morgan fingerprint density at radius 1 is 1.11 bits per heavy atom. The van der Waals surface area contributed by atoms with Crippen LogP contribution in [0.4, 0.5) is 35.9 Å². The zero-order valence-electron chi connectivity index (χ0n) is 20.2. The predicted molar refractivity (Wildman–Crippen MR) is 142 cm³/mol. The fraction of sp³-hybridized carbons (Fsp3) is 0.520. The van der Waals surface area contributed by atoms with Crippen LogP contribution in [-0.4, -0.2) is 63.4 Å². The average Bonchev–Trinajstić information content (AvgIpc) is 3.33. The van der Waals surface area contributed by atoms with Gasteiger partial charge in [0.15, 0.2) is 0 Å². The van der Waals surface area contributed by atoms with E-state index in [1.165, 1.54) is 23.9 Å². The van der Waals surface area contributed by atoms with Crippen molar-refractivity contribution in [3.63, 3.8) is 0 Å². The molecule has 36 heavy (non-hydrogen) atoms. The van der Waals surface area contributed by atoms with E-state index in [-0.39, 0.29) is 24.6 Å². The molecule has 2 aromatic carbocycles. The Morgan fingerprint density at radius 3 is 2.56 bits per heavy atom. The van der Waals surface area contributed by atoms with E-state index in [4.69, 9.17) is 10.5 Å². The van der Waals surface area contributed by atoms with Crippen LogP contribution < -0.4 is 21.3 Å². The molecule has 1 unspecified atom stereocenters.